The predicted molar refractivity (Wildman–Crippen MR) is 133 cm³/mol. The highest BCUT2D eigenvalue weighted by Gasteiger charge is 2.25. The number of hydrogen-bond donors (Lipinski definition) is 2. The van der Waals surface area contributed by atoms with E-state index >= 15 is 0 Å². The Balaban J connectivity index is 1.37. The Kier molecular flexibility index (Phi) is 5.23. The van der Waals surface area contributed by atoms with Crippen LogP contribution in [0.2, 0.25) is 0 Å². The van der Waals surface area contributed by atoms with Crippen molar-refractivity contribution in [1.29, 1.82) is 5.26 Å². The maximum absolute atomic E-state index is 9.21. The zero-order valence-corrected chi connectivity index (χ0v) is 19.0. The minimum atomic E-state index is 0.324. The number of nitrogens with two attached hydrogens (primary N) is 1. The minimum absolute atomic E-state index is 0.324. The molecule has 3 heterocycles. The van der Waals surface area contributed by atoms with E-state index in [2.05, 4.69) is 56.3 Å². The van der Waals surface area contributed by atoms with Crippen LogP contribution in [0.5, 0.6) is 0 Å². The smallest absolute Gasteiger partial charge is 0.132 e. The van der Waals surface area contributed by atoms with Crippen LogP contribution in [0.3, 0.4) is 0 Å². The maximum atomic E-state index is 9.21. The molecule has 4 aromatic rings. The quantitative estimate of drug-likeness (QED) is 0.421. The number of pyridine rings is 2. The summed E-state index contributed by atoms with van der Waals surface area (Å²) in [7, 11) is 0. The number of nitrogens with one attached hydrogen (secondary N) is 1. The lowest BCUT2D eigenvalue weighted by Crippen LogP contribution is -2.27. The first-order valence-electron chi connectivity index (χ1n) is 12.0. The van der Waals surface area contributed by atoms with Crippen LogP contribution in [-0.4, -0.2) is 25.6 Å². The van der Waals surface area contributed by atoms with Gasteiger partial charge in [-0.15, -0.1) is 0 Å². The van der Waals surface area contributed by atoms with Crippen LogP contribution in [0, 0.1) is 11.3 Å². The van der Waals surface area contributed by atoms with Gasteiger partial charge in [0.2, 0.25) is 0 Å². The Morgan fingerprint density at radius 3 is 2.59 bits per heavy atom. The zero-order chi connectivity index (χ0) is 23.1. The van der Waals surface area contributed by atoms with Crippen molar-refractivity contribution in [2.24, 2.45) is 5.73 Å². The lowest BCUT2D eigenvalue weighted by Gasteiger charge is -2.27. The van der Waals surface area contributed by atoms with Crippen LogP contribution < -0.4 is 11.1 Å². The summed E-state index contributed by atoms with van der Waals surface area (Å²) in [6.45, 7) is 0. The number of rotatable bonds is 5. The van der Waals surface area contributed by atoms with Gasteiger partial charge in [-0.2, -0.15) is 5.26 Å². The number of nitriles is 1. The minimum Gasteiger partial charge on any atom is -0.328 e. The molecule has 7 nitrogen and oxygen atoms in total. The summed E-state index contributed by atoms with van der Waals surface area (Å²) in [5, 5.41) is 12.5. The van der Waals surface area contributed by atoms with E-state index in [1.165, 1.54) is 18.4 Å². The molecule has 0 saturated heterocycles. The number of nitrogens with zero attached hydrogens (tertiary/aromatic N) is 5. The van der Waals surface area contributed by atoms with Gasteiger partial charge in [0.1, 0.15) is 11.6 Å². The fraction of sp³-hybridized carbons (Fsp3) is 0.333. The van der Waals surface area contributed by atoms with Gasteiger partial charge in [0.05, 0.1) is 34.7 Å². The van der Waals surface area contributed by atoms with E-state index in [1.54, 1.807) is 18.3 Å². The van der Waals surface area contributed by atoms with Crippen molar-refractivity contribution in [2.75, 3.05) is 5.32 Å². The zero-order valence-electron chi connectivity index (χ0n) is 19.0. The van der Waals surface area contributed by atoms with Crippen molar-refractivity contribution in [1.82, 2.24) is 19.5 Å². The second kappa shape index (κ2) is 8.54. The number of hydrogen-bond acceptors (Lipinski definition) is 6. The summed E-state index contributed by atoms with van der Waals surface area (Å²) >= 11 is 0. The fourth-order valence-electron chi connectivity index (χ4n) is 4.97. The van der Waals surface area contributed by atoms with Gasteiger partial charge in [0, 0.05) is 23.8 Å². The van der Waals surface area contributed by atoms with Gasteiger partial charge in [-0.1, -0.05) is 6.07 Å². The van der Waals surface area contributed by atoms with Crippen molar-refractivity contribution in [3.8, 4) is 17.3 Å². The predicted octanol–water partition coefficient (Wildman–Crippen LogP) is 5.43. The number of benzene rings is 1. The Labute approximate surface area is 198 Å². The molecule has 0 radical (unpaired) electrons. The lowest BCUT2D eigenvalue weighted by atomic mass is 9.91. The van der Waals surface area contributed by atoms with Gasteiger partial charge in [0.15, 0.2) is 0 Å². The van der Waals surface area contributed by atoms with Gasteiger partial charge in [-0.3, -0.25) is 0 Å². The molecule has 0 aliphatic heterocycles. The van der Waals surface area contributed by atoms with Crippen molar-refractivity contribution >= 4 is 22.7 Å². The summed E-state index contributed by atoms with van der Waals surface area (Å²) in [5.41, 5.74) is 12.2. The van der Waals surface area contributed by atoms with Crippen LogP contribution in [-0.2, 0) is 0 Å². The third-order valence-corrected chi connectivity index (χ3v) is 7.05. The van der Waals surface area contributed by atoms with Crippen molar-refractivity contribution in [2.45, 2.75) is 56.5 Å². The highest BCUT2D eigenvalue weighted by molar-refractivity contribution is 5.82. The molecular weight excluding hydrogens is 422 g/mol. The first-order valence-corrected chi connectivity index (χ1v) is 12.0. The third kappa shape index (κ3) is 4.13. The summed E-state index contributed by atoms with van der Waals surface area (Å²) in [6.07, 6.45) is 10.3. The van der Waals surface area contributed by atoms with Crippen LogP contribution in [0.1, 0.15) is 61.6 Å². The molecule has 1 aromatic carbocycles. The van der Waals surface area contributed by atoms with Crippen molar-refractivity contribution < 1.29 is 0 Å². The normalized spacial score (nSPS) is 20.2. The van der Waals surface area contributed by atoms with Crippen LogP contribution in [0.15, 0.2) is 55.0 Å². The largest absolute Gasteiger partial charge is 0.328 e. The summed E-state index contributed by atoms with van der Waals surface area (Å²) < 4.78 is 2.33. The highest BCUT2D eigenvalue weighted by Crippen LogP contribution is 2.42. The first-order chi connectivity index (χ1) is 16.7. The van der Waals surface area contributed by atoms with E-state index in [1.807, 2.05) is 6.33 Å². The number of aromatic nitrogens is 4. The number of anilines is 2. The highest BCUT2D eigenvalue weighted by atomic mass is 15.1. The molecule has 0 bridgehead atoms. The first kappa shape index (κ1) is 20.8. The van der Waals surface area contributed by atoms with E-state index < -0.39 is 0 Å². The standard InChI is InChI=1S/C27H27N7/c28-15-17-9-10-30-26(11-17)33-27-14-20(18-1-2-18)12-24(32-27)19-3-8-23-25(13-19)34(16-31-23)22-6-4-21(29)5-7-22/h3,8-14,16,18,21-22H,1-2,4-7,29H2,(H,30,32,33)/t21-,22-. The number of fused-ring (bicyclic) bond motifs is 1. The average molecular weight is 450 g/mol. The number of imidazole rings is 1. The average Bonchev–Trinajstić information content (AvgIpc) is 3.64. The lowest BCUT2D eigenvalue weighted by molar-refractivity contribution is 0.329. The summed E-state index contributed by atoms with van der Waals surface area (Å²) in [4.78, 5) is 13.9. The van der Waals surface area contributed by atoms with Crippen LogP contribution in [0.25, 0.3) is 22.3 Å². The van der Waals surface area contributed by atoms with E-state index in [9.17, 15) is 5.26 Å². The van der Waals surface area contributed by atoms with E-state index in [-0.39, 0.29) is 0 Å². The molecule has 2 aliphatic carbocycles. The second-order valence-corrected chi connectivity index (χ2v) is 9.54. The molecule has 3 aromatic heterocycles. The molecule has 0 spiro atoms. The molecule has 0 unspecified atom stereocenters. The molecule has 2 saturated carbocycles. The Morgan fingerprint density at radius 1 is 0.941 bits per heavy atom. The second-order valence-electron chi connectivity index (χ2n) is 9.54. The van der Waals surface area contributed by atoms with Gasteiger partial charge in [-0.05, 0) is 86.4 Å². The molecule has 7 heteroatoms. The summed E-state index contributed by atoms with van der Waals surface area (Å²) in [6, 6.07) is 17.1. The molecule has 0 atom stereocenters. The van der Waals surface area contributed by atoms with Gasteiger partial charge in [0.25, 0.3) is 0 Å². The van der Waals surface area contributed by atoms with E-state index in [0.29, 0.717) is 29.4 Å². The van der Waals surface area contributed by atoms with Crippen LogP contribution >= 0.6 is 0 Å². The van der Waals surface area contributed by atoms with Crippen molar-refractivity contribution in [3.05, 3.63) is 66.1 Å². The molecule has 0 amide bonds. The molecule has 3 N–H and O–H groups in total. The van der Waals surface area contributed by atoms with Gasteiger partial charge in [-0.25, -0.2) is 15.0 Å². The molecular formula is C27H27N7. The molecule has 2 fully saturated rings. The van der Waals surface area contributed by atoms with Gasteiger partial charge < -0.3 is 15.6 Å². The molecule has 34 heavy (non-hydrogen) atoms. The Bertz CT molecular complexity index is 1390. The topological polar surface area (TPSA) is 105 Å². The summed E-state index contributed by atoms with van der Waals surface area (Å²) in [5.74, 6) is 1.95. The molecule has 2 aliphatic rings. The monoisotopic (exact) mass is 449 g/mol. The van der Waals surface area contributed by atoms with Crippen LogP contribution in [0.4, 0.5) is 11.6 Å². The maximum Gasteiger partial charge on any atom is 0.132 e. The van der Waals surface area contributed by atoms with Gasteiger partial charge >= 0.3 is 0 Å². The van der Waals surface area contributed by atoms with Crippen molar-refractivity contribution in [3.63, 3.8) is 0 Å². The SMILES string of the molecule is N#Cc1ccnc(Nc2cc(C3CC3)cc(-c3ccc4ncn([C@H]5CC[C@H](N)CC5)c4c3)n2)c1. The molecule has 170 valence electrons. The van der Waals surface area contributed by atoms with E-state index in [4.69, 9.17) is 10.7 Å². The fourth-order valence-corrected chi connectivity index (χ4v) is 4.97. The molecule has 6 rings (SSSR count). The van der Waals surface area contributed by atoms with E-state index in [0.717, 1.165) is 53.8 Å². The third-order valence-electron chi connectivity index (χ3n) is 7.05. The Morgan fingerprint density at radius 2 is 1.79 bits per heavy atom. The Hall–Kier alpha value is -3.76.